The summed E-state index contributed by atoms with van der Waals surface area (Å²) >= 11 is 7.35. The second-order valence-electron chi connectivity index (χ2n) is 5.96. The molecule has 0 spiro atoms. The number of amides is 1. The lowest BCUT2D eigenvalue weighted by Gasteiger charge is -2.13. The molecule has 1 atom stereocenters. The Morgan fingerprint density at radius 2 is 2.08 bits per heavy atom. The van der Waals surface area contributed by atoms with Crippen molar-refractivity contribution in [2.75, 3.05) is 5.32 Å². The lowest BCUT2D eigenvalue weighted by atomic mass is 10.2. The summed E-state index contributed by atoms with van der Waals surface area (Å²) in [5, 5.41) is 12.2. The number of carbonyl (C=O) groups is 1. The molecule has 0 bridgehead atoms. The fourth-order valence-corrected chi connectivity index (χ4v) is 3.43. The Hall–Kier alpha value is -2.25. The molecule has 0 aliphatic carbocycles. The highest BCUT2D eigenvalue weighted by Gasteiger charge is 2.21. The van der Waals surface area contributed by atoms with E-state index in [1.807, 2.05) is 44.5 Å². The van der Waals surface area contributed by atoms with Crippen LogP contribution in [-0.4, -0.2) is 25.9 Å². The lowest BCUT2D eigenvalue weighted by molar-refractivity contribution is -0.115. The predicted octanol–water partition coefficient (Wildman–Crippen LogP) is 4.46. The molecule has 0 radical (unpaired) electrons. The molecule has 6 nitrogen and oxygen atoms in total. The van der Waals surface area contributed by atoms with Gasteiger partial charge in [0.25, 0.3) is 0 Å². The van der Waals surface area contributed by atoms with E-state index in [2.05, 4.69) is 15.5 Å². The van der Waals surface area contributed by atoms with Crippen LogP contribution in [0.4, 0.5) is 5.69 Å². The number of rotatable bonds is 5. The van der Waals surface area contributed by atoms with Crippen molar-refractivity contribution in [1.82, 2.24) is 14.8 Å². The van der Waals surface area contributed by atoms with Crippen molar-refractivity contribution in [3.05, 3.63) is 46.9 Å². The fraction of sp³-hybridized carbons (Fsp3) is 0.278. The Bertz CT molecular complexity index is 951. The van der Waals surface area contributed by atoms with Crippen LogP contribution in [0.25, 0.3) is 11.4 Å². The molecule has 1 N–H and O–H groups in total. The van der Waals surface area contributed by atoms with E-state index in [1.54, 1.807) is 18.4 Å². The van der Waals surface area contributed by atoms with E-state index in [0.29, 0.717) is 21.7 Å². The summed E-state index contributed by atoms with van der Waals surface area (Å²) in [6.07, 6.45) is 1.62. The number of anilines is 1. The van der Waals surface area contributed by atoms with Gasteiger partial charge in [0.15, 0.2) is 11.0 Å². The largest absolute Gasteiger partial charge is 0.469 e. The van der Waals surface area contributed by atoms with Gasteiger partial charge in [0.1, 0.15) is 5.76 Å². The molecule has 136 valence electrons. The smallest absolute Gasteiger partial charge is 0.237 e. The van der Waals surface area contributed by atoms with Gasteiger partial charge in [-0.3, -0.25) is 4.79 Å². The summed E-state index contributed by atoms with van der Waals surface area (Å²) < 4.78 is 7.18. The highest BCUT2D eigenvalue weighted by molar-refractivity contribution is 8.00. The van der Waals surface area contributed by atoms with Gasteiger partial charge in [0.05, 0.1) is 17.1 Å². The van der Waals surface area contributed by atoms with Crippen molar-refractivity contribution in [3.8, 4) is 11.4 Å². The molecular formula is C18H19ClN4O2S. The Morgan fingerprint density at radius 1 is 1.31 bits per heavy atom. The standard InChI is InChI=1S/C18H19ClN4O2S/c1-10-5-6-13(19)9-15(10)20-17(24)12(3)26-18-22-21-16(23(18)4)14-7-8-25-11(14)2/h5-9,12H,1-4H3,(H,20,24)/t12-/m0/s1. The number of halogens is 1. The number of thioether (sulfide) groups is 1. The molecule has 0 aliphatic heterocycles. The zero-order valence-electron chi connectivity index (χ0n) is 14.9. The third kappa shape index (κ3) is 3.78. The summed E-state index contributed by atoms with van der Waals surface area (Å²) in [4.78, 5) is 12.5. The van der Waals surface area contributed by atoms with Gasteiger partial charge in [-0.05, 0) is 44.5 Å². The van der Waals surface area contributed by atoms with Crippen LogP contribution in [0.1, 0.15) is 18.2 Å². The normalized spacial score (nSPS) is 12.2. The van der Waals surface area contributed by atoms with Crippen molar-refractivity contribution in [2.45, 2.75) is 31.2 Å². The van der Waals surface area contributed by atoms with Crippen LogP contribution in [0, 0.1) is 13.8 Å². The molecule has 2 heterocycles. The maximum Gasteiger partial charge on any atom is 0.237 e. The van der Waals surface area contributed by atoms with Crippen LogP contribution < -0.4 is 5.32 Å². The first-order valence-corrected chi connectivity index (χ1v) is 9.30. The van der Waals surface area contributed by atoms with E-state index < -0.39 is 0 Å². The van der Waals surface area contributed by atoms with Crippen molar-refractivity contribution in [3.63, 3.8) is 0 Å². The van der Waals surface area contributed by atoms with E-state index >= 15 is 0 Å². The summed E-state index contributed by atoms with van der Waals surface area (Å²) in [6, 6.07) is 7.27. The molecule has 0 fully saturated rings. The Kier molecular flexibility index (Phi) is 5.38. The minimum absolute atomic E-state index is 0.121. The number of aryl methyl sites for hydroxylation is 2. The number of hydrogen-bond donors (Lipinski definition) is 1. The Labute approximate surface area is 160 Å². The Balaban J connectivity index is 1.73. The second kappa shape index (κ2) is 7.55. The van der Waals surface area contributed by atoms with Crippen molar-refractivity contribution in [2.24, 2.45) is 7.05 Å². The molecule has 0 saturated carbocycles. The van der Waals surface area contributed by atoms with Gasteiger partial charge in [-0.2, -0.15) is 0 Å². The summed E-state index contributed by atoms with van der Waals surface area (Å²) in [5.74, 6) is 1.36. The third-order valence-corrected chi connectivity index (χ3v) is 5.41. The molecule has 1 aromatic carbocycles. The maximum atomic E-state index is 12.5. The van der Waals surface area contributed by atoms with Crippen LogP contribution in [0.3, 0.4) is 0 Å². The molecule has 26 heavy (non-hydrogen) atoms. The quantitative estimate of drug-likeness (QED) is 0.651. The summed E-state index contributed by atoms with van der Waals surface area (Å²) in [5.41, 5.74) is 2.55. The van der Waals surface area contributed by atoms with Crippen LogP contribution in [0.5, 0.6) is 0 Å². The predicted molar refractivity (Wildman–Crippen MR) is 104 cm³/mol. The monoisotopic (exact) mass is 390 g/mol. The average molecular weight is 391 g/mol. The van der Waals surface area contributed by atoms with Gasteiger partial charge < -0.3 is 14.3 Å². The van der Waals surface area contributed by atoms with Gasteiger partial charge in [0.2, 0.25) is 5.91 Å². The fourth-order valence-electron chi connectivity index (χ4n) is 2.44. The van der Waals surface area contributed by atoms with Crippen LogP contribution >= 0.6 is 23.4 Å². The van der Waals surface area contributed by atoms with Crippen LogP contribution in [0.15, 0.2) is 40.1 Å². The number of aromatic nitrogens is 3. The van der Waals surface area contributed by atoms with Gasteiger partial charge >= 0.3 is 0 Å². The van der Waals surface area contributed by atoms with E-state index in [4.69, 9.17) is 16.0 Å². The third-order valence-electron chi connectivity index (χ3n) is 4.04. The topological polar surface area (TPSA) is 73.0 Å². The first-order valence-electron chi connectivity index (χ1n) is 8.04. The van der Waals surface area contributed by atoms with Gasteiger partial charge in [0, 0.05) is 17.8 Å². The van der Waals surface area contributed by atoms with Gasteiger partial charge in [-0.25, -0.2) is 0 Å². The Morgan fingerprint density at radius 3 is 2.77 bits per heavy atom. The first-order chi connectivity index (χ1) is 12.4. The van der Waals surface area contributed by atoms with Crippen molar-refractivity contribution in [1.29, 1.82) is 0 Å². The molecule has 0 unspecified atom stereocenters. The lowest BCUT2D eigenvalue weighted by Crippen LogP contribution is -2.23. The highest BCUT2D eigenvalue weighted by atomic mass is 35.5. The number of benzene rings is 1. The molecule has 3 aromatic rings. The van der Waals surface area contributed by atoms with Gasteiger partial charge in [-0.15, -0.1) is 10.2 Å². The molecule has 3 rings (SSSR count). The highest BCUT2D eigenvalue weighted by Crippen LogP contribution is 2.28. The van der Waals surface area contributed by atoms with E-state index in [-0.39, 0.29) is 11.2 Å². The number of nitrogens with zero attached hydrogens (tertiary/aromatic N) is 3. The second-order valence-corrected chi connectivity index (χ2v) is 7.71. The van der Waals surface area contributed by atoms with Crippen LogP contribution in [0.2, 0.25) is 5.02 Å². The number of carbonyl (C=O) groups excluding carboxylic acids is 1. The minimum atomic E-state index is -0.352. The minimum Gasteiger partial charge on any atom is -0.469 e. The molecular weight excluding hydrogens is 372 g/mol. The molecule has 0 aliphatic rings. The summed E-state index contributed by atoms with van der Waals surface area (Å²) in [6.45, 7) is 5.63. The molecule has 1 amide bonds. The number of nitrogens with one attached hydrogen (secondary N) is 1. The SMILES string of the molecule is Cc1ccc(Cl)cc1NC(=O)[C@H](C)Sc1nnc(-c2ccoc2C)n1C. The first kappa shape index (κ1) is 18.5. The number of hydrogen-bond acceptors (Lipinski definition) is 5. The summed E-state index contributed by atoms with van der Waals surface area (Å²) in [7, 11) is 1.87. The maximum absolute atomic E-state index is 12.5. The molecule has 0 saturated heterocycles. The van der Waals surface area contributed by atoms with Crippen molar-refractivity contribution < 1.29 is 9.21 Å². The zero-order chi connectivity index (χ0) is 18.8. The zero-order valence-corrected chi connectivity index (χ0v) is 16.5. The average Bonchev–Trinajstić information content (AvgIpc) is 3.17. The van der Waals surface area contributed by atoms with Crippen molar-refractivity contribution >= 4 is 35.0 Å². The van der Waals surface area contributed by atoms with E-state index in [1.165, 1.54) is 11.8 Å². The van der Waals surface area contributed by atoms with Gasteiger partial charge in [-0.1, -0.05) is 29.4 Å². The number of furan rings is 1. The van der Waals surface area contributed by atoms with Crippen LogP contribution in [-0.2, 0) is 11.8 Å². The van der Waals surface area contributed by atoms with E-state index in [9.17, 15) is 4.79 Å². The van der Waals surface area contributed by atoms with E-state index in [0.717, 1.165) is 16.9 Å². The molecule has 2 aromatic heterocycles. The molecule has 8 heteroatoms.